The third-order valence-corrected chi connectivity index (χ3v) is 5.67. The molecule has 2 nitrogen and oxygen atoms in total. The molecule has 0 N–H and O–H groups in total. The van der Waals surface area contributed by atoms with Crippen molar-refractivity contribution < 1.29 is 4.79 Å². The van der Waals surface area contributed by atoms with Crippen LogP contribution in [0.15, 0.2) is 140 Å². The summed E-state index contributed by atoms with van der Waals surface area (Å²) in [6.45, 7) is 0. The van der Waals surface area contributed by atoms with Gasteiger partial charge in [-0.1, -0.05) is 103 Å². The first-order valence-corrected chi connectivity index (χ1v) is 11.0. The average Bonchev–Trinajstić information content (AvgIpc) is 2.91. The summed E-state index contributed by atoms with van der Waals surface area (Å²) in [5.74, 6) is 0.0328. The maximum Gasteiger partial charge on any atom is 0.193 e. The van der Waals surface area contributed by atoms with Gasteiger partial charge in [-0.05, 0) is 47.5 Å². The van der Waals surface area contributed by atoms with E-state index in [0.717, 1.165) is 28.2 Å². The van der Waals surface area contributed by atoms with E-state index in [2.05, 4.69) is 53.4 Å². The van der Waals surface area contributed by atoms with Crippen molar-refractivity contribution >= 4 is 22.8 Å². The number of hydrogen-bond acceptors (Lipinski definition) is 2. The minimum Gasteiger partial charge on any atom is -0.311 e. The van der Waals surface area contributed by atoms with Crippen molar-refractivity contribution in [1.82, 2.24) is 0 Å². The third-order valence-electron chi connectivity index (χ3n) is 5.67. The molecule has 5 aromatic carbocycles. The summed E-state index contributed by atoms with van der Waals surface area (Å²) in [5, 5.41) is 0. The molecule has 0 radical (unpaired) electrons. The summed E-state index contributed by atoms with van der Waals surface area (Å²) in [6.07, 6.45) is 0. The van der Waals surface area contributed by atoms with Crippen molar-refractivity contribution in [3.8, 4) is 11.1 Å². The second kappa shape index (κ2) is 9.37. The minimum absolute atomic E-state index is 0.0328. The van der Waals surface area contributed by atoms with Crippen molar-refractivity contribution in [2.75, 3.05) is 4.90 Å². The van der Waals surface area contributed by atoms with Crippen LogP contribution in [0.3, 0.4) is 0 Å². The SMILES string of the molecule is O=C(c1ccccc1)c1ccccc1-c1ccc(N(c2ccccc2)c2ccccc2)cc1. The molecular weight excluding hydrogens is 402 g/mol. The lowest BCUT2D eigenvalue weighted by molar-refractivity contribution is 0.103. The number of hydrogen-bond donors (Lipinski definition) is 0. The summed E-state index contributed by atoms with van der Waals surface area (Å²) in [5.41, 5.74) is 6.60. The Balaban J connectivity index is 1.53. The Kier molecular flexibility index (Phi) is 5.81. The maximum absolute atomic E-state index is 13.2. The molecule has 5 rings (SSSR count). The van der Waals surface area contributed by atoms with Gasteiger partial charge in [-0.25, -0.2) is 0 Å². The van der Waals surface area contributed by atoms with Crippen LogP contribution < -0.4 is 4.90 Å². The molecule has 0 bridgehead atoms. The van der Waals surface area contributed by atoms with E-state index in [1.54, 1.807) is 0 Å². The van der Waals surface area contributed by atoms with Crippen LogP contribution >= 0.6 is 0 Å². The van der Waals surface area contributed by atoms with Crippen LogP contribution in [0.25, 0.3) is 11.1 Å². The Morgan fingerprint density at radius 2 is 0.909 bits per heavy atom. The van der Waals surface area contributed by atoms with E-state index in [9.17, 15) is 4.79 Å². The Bertz CT molecular complexity index is 1310. The highest BCUT2D eigenvalue weighted by Crippen LogP contribution is 2.35. The van der Waals surface area contributed by atoms with Crippen LogP contribution in [0, 0.1) is 0 Å². The second-order valence-corrected chi connectivity index (χ2v) is 7.79. The molecule has 0 aliphatic rings. The number of carbonyl (C=O) groups is 1. The lowest BCUT2D eigenvalue weighted by atomic mass is 9.94. The van der Waals surface area contributed by atoms with Gasteiger partial charge in [-0.15, -0.1) is 0 Å². The van der Waals surface area contributed by atoms with Gasteiger partial charge in [0.1, 0.15) is 0 Å². The van der Waals surface area contributed by atoms with Crippen LogP contribution in [-0.4, -0.2) is 5.78 Å². The second-order valence-electron chi connectivity index (χ2n) is 7.79. The molecule has 0 fully saturated rings. The molecule has 0 atom stereocenters. The predicted molar refractivity (Wildman–Crippen MR) is 136 cm³/mol. The number of nitrogens with zero attached hydrogens (tertiary/aromatic N) is 1. The van der Waals surface area contributed by atoms with Gasteiger partial charge >= 0.3 is 0 Å². The van der Waals surface area contributed by atoms with E-state index in [-0.39, 0.29) is 5.78 Å². The molecule has 0 unspecified atom stereocenters. The number of carbonyl (C=O) groups excluding carboxylic acids is 1. The highest BCUT2D eigenvalue weighted by Gasteiger charge is 2.16. The van der Waals surface area contributed by atoms with Gasteiger partial charge < -0.3 is 4.90 Å². The molecule has 5 aromatic rings. The summed E-state index contributed by atoms with van der Waals surface area (Å²) in [6, 6.07) is 46.3. The highest BCUT2D eigenvalue weighted by molar-refractivity contribution is 6.12. The zero-order valence-corrected chi connectivity index (χ0v) is 18.1. The number of para-hydroxylation sites is 2. The van der Waals surface area contributed by atoms with Crippen LogP contribution in [0.2, 0.25) is 0 Å². The normalized spacial score (nSPS) is 10.5. The quantitative estimate of drug-likeness (QED) is 0.256. The van der Waals surface area contributed by atoms with Crippen molar-refractivity contribution in [1.29, 1.82) is 0 Å². The molecule has 0 saturated carbocycles. The number of ketones is 1. The Morgan fingerprint density at radius 1 is 0.455 bits per heavy atom. The smallest absolute Gasteiger partial charge is 0.193 e. The zero-order chi connectivity index (χ0) is 22.5. The molecule has 0 saturated heterocycles. The van der Waals surface area contributed by atoms with Crippen molar-refractivity contribution in [2.24, 2.45) is 0 Å². The number of anilines is 3. The summed E-state index contributed by atoms with van der Waals surface area (Å²) >= 11 is 0. The lowest BCUT2D eigenvalue weighted by Crippen LogP contribution is -2.09. The first-order valence-electron chi connectivity index (χ1n) is 11.0. The fourth-order valence-electron chi connectivity index (χ4n) is 4.07. The molecule has 0 aliphatic heterocycles. The van der Waals surface area contributed by atoms with Gasteiger partial charge in [0.05, 0.1) is 0 Å². The van der Waals surface area contributed by atoms with E-state index in [1.165, 1.54) is 0 Å². The van der Waals surface area contributed by atoms with Gasteiger partial charge in [0.25, 0.3) is 0 Å². The van der Waals surface area contributed by atoms with Gasteiger partial charge in [-0.2, -0.15) is 0 Å². The van der Waals surface area contributed by atoms with E-state index in [1.807, 2.05) is 91.0 Å². The minimum atomic E-state index is 0.0328. The van der Waals surface area contributed by atoms with Crippen LogP contribution in [0.5, 0.6) is 0 Å². The fraction of sp³-hybridized carbons (Fsp3) is 0. The maximum atomic E-state index is 13.2. The Morgan fingerprint density at radius 3 is 1.48 bits per heavy atom. The molecule has 0 amide bonds. The Labute approximate surface area is 194 Å². The van der Waals surface area contributed by atoms with Crippen LogP contribution in [-0.2, 0) is 0 Å². The molecule has 2 heteroatoms. The number of benzene rings is 5. The lowest BCUT2D eigenvalue weighted by Gasteiger charge is -2.25. The standard InChI is InChI=1S/C31H23NO/c33-31(25-12-4-1-5-13-25)30-19-11-10-18-29(30)24-20-22-28(23-21-24)32(26-14-6-2-7-15-26)27-16-8-3-9-17-27/h1-23H. The molecule has 33 heavy (non-hydrogen) atoms. The van der Waals surface area contributed by atoms with Crippen molar-refractivity contribution in [3.05, 3.63) is 151 Å². The van der Waals surface area contributed by atoms with Gasteiger partial charge in [0.15, 0.2) is 5.78 Å². The fourth-order valence-corrected chi connectivity index (χ4v) is 4.07. The third kappa shape index (κ3) is 4.32. The Hall–Kier alpha value is -4.43. The number of rotatable bonds is 6. The van der Waals surface area contributed by atoms with Crippen molar-refractivity contribution in [2.45, 2.75) is 0 Å². The van der Waals surface area contributed by atoms with E-state index in [0.29, 0.717) is 11.1 Å². The van der Waals surface area contributed by atoms with Crippen LogP contribution in [0.1, 0.15) is 15.9 Å². The largest absolute Gasteiger partial charge is 0.311 e. The van der Waals surface area contributed by atoms with Crippen LogP contribution in [0.4, 0.5) is 17.1 Å². The molecule has 0 spiro atoms. The topological polar surface area (TPSA) is 20.3 Å². The van der Waals surface area contributed by atoms with Gasteiger partial charge in [-0.3, -0.25) is 4.79 Å². The van der Waals surface area contributed by atoms with Gasteiger partial charge in [0, 0.05) is 28.2 Å². The molecule has 0 aliphatic carbocycles. The first-order chi connectivity index (χ1) is 16.3. The highest BCUT2D eigenvalue weighted by atomic mass is 16.1. The van der Waals surface area contributed by atoms with E-state index in [4.69, 9.17) is 0 Å². The zero-order valence-electron chi connectivity index (χ0n) is 18.1. The average molecular weight is 426 g/mol. The molecular formula is C31H23NO. The molecule has 0 heterocycles. The molecule has 0 aromatic heterocycles. The summed E-state index contributed by atoms with van der Waals surface area (Å²) in [4.78, 5) is 15.4. The molecule has 158 valence electrons. The predicted octanol–water partition coefficient (Wildman–Crippen LogP) is 8.05. The van der Waals surface area contributed by atoms with Gasteiger partial charge in [0.2, 0.25) is 0 Å². The van der Waals surface area contributed by atoms with Crippen molar-refractivity contribution in [3.63, 3.8) is 0 Å². The monoisotopic (exact) mass is 425 g/mol. The van der Waals surface area contributed by atoms with E-state index < -0.39 is 0 Å². The summed E-state index contributed by atoms with van der Waals surface area (Å²) in [7, 11) is 0. The first kappa shape index (κ1) is 20.5. The van der Waals surface area contributed by atoms with E-state index >= 15 is 0 Å². The summed E-state index contributed by atoms with van der Waals surface area (Å²) < 4.78 is 0.